The summed E-state index contributed by atoms with van der Waals surface area (Å²) in [4.78, 5) is 0. The Bertz CT molecular complexity index is 144. The second kappa shape index (κ2) is 4.72. The summed E-state index contributed by atoms with van der Waals surface area (Å²) in [6.07, 6.45) is 1.05. The van der Waals surface area contributed by atoms with Crippen molar-refractivity contribution in [3.63, 3.8) is 0 Å². The predicted octanol–water partition coefficient (Wildman–Crippen LogP) is 1.19. The summed E-state index contributed by atoms with van der Waals surface area (Å²) >= 11 is 5.13. The van der Waals surface area contributed by atoms with Crippen LogP contribution < -0.4 is 0 Å². The van der Waals surface area contributed by atoms with Gasteiger partial charge in [-0.2, -0.15) is 0 Å². The maximum absolute atomic E-state index is 5.13. The molecule has 0 aliphatic heterocycles. The zero-order valence-corrected chi connectivity index (χ0v) is 3.84. The summed E-state index contributed by atoms with van der Waals surface area (Å²) in [7, 11) is 0. The van der Waals surface area contributed by atoms with Gasteiger partial charge in [-0.05, 0) is 21.1 Å². The first-order valence-electron chi connectivity index (χ1n) is 1.42. The van der Waals surface area contributed by atoms with Crippen molar-refractivity contribution >= 4 is 63.0 Å². The van der Waals surface area contributed by atoms with E-state index in [0.29, 0.717) is 0 Å². The van der Waals surface area contributed by atoms with Crippen molar-refractivity contribution in [3.05, 3.63) is 11.5 Å². The average molecular weight is 165 g/mol. The molecule has 4 nitrogen and oxygen atoms in total. The van der Waals surface area contributed by atoms with E-state index in [1.165, 1.54) is 0 Å². The number of rotatable bonds is 0. The van der Waals surface area contributed by atoms with E-state index in [4.69, 9.17) is 11.6 Å². The van der Waals surface area contributed by atoms with Gasteiger partial charge in [-0.3, -0.25) is 4.58 Å². The number of halogens is 1. The summed E-state index contributed by atoms with van der Waals surface area (Å²) in [6.45, 7) is 0. The van der Waals surface area contributed by atoms with Crippen molar-refractivity contribution < 1.29 is 18.6 Å². The molecule has 6 heteroatoms. The molecule has 42 valence electrons. The molecule has 1 heterocycles. The third kappa shape index (κ3) is 3.01. The summed E-state index contributed by atoms with van der Waals surface area (Å²) in [5.41, 5.74) is 0. The first-order valence-corrected chi connectivity index (χ1v) is 1.80. The second-order valence-electron chi connectivity index (χ2n) is 0.738. The molecule has 0 amide bonds. The van der Waals surface area contributed by atoms with Gasteiger partial charge in [0.2, 0.25) is 6.26 Å². The van der Waals surface area contributed by atoms with Crippen LogP contribution in [0.5, 0.6) is 0 Å². The topological polar surface area (TPSA) is 52.6 Å². The summed E-state index contributed by atoms with van der Waals surface area (Å²) in [5, 5.41) is -0.00810. The van der Waals surface area contributed by atoms with Gasteiger partial charge in [-0.15, -0.1) is 0 Å². The summed E-state index contributed by atoms with van der Waals surface area (Å²) in [5.74, 6) is 0. The van der Waals surface area contributed by atoms with Crippen molar-refractivity contribution in [2.75, 3.05) is 0 Å². The second-order valence-corrected chi connectivity index (χ2v) is 1.11. The van der Waals surface area contributed by atoms with Gasteiger partial charge in [-0.1, -0.05) is 0 Å². The Morgan fingerprint density at radius 3 is 2.38 bits per heavy atom. The van der Waals surface area contributed by atoms with Gasteiger partial charge in [0.05, 0.1) is 0 Å². The molecule has 0 aliphatic rings. The van der Waals surface area contributed by atoms with Crippen LogP contribution in [0.15, 0.2) is 24.9 Å². The molecule has 0 saturated carbocycles. The van der Waals surface area contributed by atoms with Crippen LogP contribution in [0.3, 0.4) is 0 Å². The Morgan fingerprint density at radius 2 is 2.12 bits per heavy atom. The molecule has 0 aliphatic carbocycles. The van der Waals surface area contributed by atoms with E-state index >= 15 is 0 Å². The number of hydrogen-bond acceptors (Lipinski definition) is 4. The molecule has 1 aromatic rings. The predicted molar refractivity (Wildman–Crippen MR) is 25.3 cm³/mol. The van der Waals surface area contributed by atoms with Crippen molar-refractivity contribution in [2.45, 2.75) is 0 Å². The van der Waals surface area contributed by atoms with Crippen LogP contribution in [0.2, 0.25) is 5.22 Å². The van der Waals surface area contributed by atoms with Crippen LogP contribution in [0.1, 0.15) is 0 Å². The maximum atomic E-state index is 5.13. The SMILES string of the molecule is Clc1coooo1.[KH]. The van der Waals surface area contributed by atoms with Crippen molar-refractivity contribution in [3.8, 4) is 0 Å². The van der Waals surface area contributed by atoms with Gasteiger partial charge in [0.25, 0.3) is 5.22 Å². The van der Waals surface area contributed by atoms with Crippen LogP contribution in [-0.4, -0.2) is 51.4 Å². The third-order valence-corrected chi connectivity index (χ3v) is 0.474. The van der Waals surface area contributed by atoms with Gasteiger partial charge < -0.3 is 0 Å². The van der Waals surface area contributed by atoms with Crippen LogP contribution in [-0.2, 0) is 0 Å². The van der Waals surface area contributed by atoms with Crippen molar-refractivity contribution in [1.82, 2.24) is 0 Å². The molecule has 1 rings (SSSR count). The van der Waals surface area contributed by atoms with E-state index in [0.717, 1.165) is 6.26 Å². The standard InChI is InChI=1S/C2HClO4.K.H/c3-2-1-4-6-7-5-2;;/h1H;;. The van der Waals surface area contributed by atoms with Gasteiger partial charge >= 0.3 is 51.4 Å². The van der Waals surface area contributed by atoms with E-state index in [-0.39, 0.29) is 56.6 Å². The van der Waals surface area contributed by atoms with Crippen LogP contribution in [0.4, 0.5) is 0 Å². The molecular formula is C2H2ClKO4. The zero-order chi connectivity index (χ0) is 5.11. The van der Waals surface area contributed by atoms with Gasteiger partial charge in [-0.25, -0.2) is 4.58 Å². The van der Waals surface area contributed by atoms with Gasteiger partial charge in [0.15, 0.2) is 0 Å². The first-order chi connectivity index (χ1) is 3.39. The molecule has 0 spiro atoms. The monoisotopic (exact) mass is 164 g/mol. The fourth-order valence-corrected chi connectivity index (χ4v) is 0.202. The molecule has 1 aromatic heterocycles. The zero-order valence-electron chi connectivity index (χ0n) is 3.09. The Kier molecular flexibility index (Phi) is 5.23. The van der Waals surface area contributed by atoms with E-state index in [2.05, 4.69) is 18.6 Å². The van der Waals surface area contributed by atoms with E-state index < -0.39 is 0 Å². The summed E-state index contributed by atoms with van der Waals surface area (Å²) in [6, 6.07) is 0. The molecular weight excluding hydrogens is 163 g/mol. The molecule has 0 atom stereocenters. The van der Waals surface area contributed by atoms with E-state index in [1.807, 2.05) is 0 Å². The minimum absolute atomic E-state index is 0. The molecule has 8 heavy (non-hydrogen) atoms. The molecule has 0 fully saturated rings. The molecule has 0 unspecified atom stereocenters. The Morgan fingerprint density at radius 1 is 1.38 bits per heavy atom. The Hall–Kier alpha value is 0.866. The molecule has 0 saturated heterocycles. The van der Waals surface area contributed by atoms with Gasteiger partial charge in [0.1, 0.15) is 0 Å². The van der Waals surface area contributed by atoms with Crippen molar-refractivity contribution in [2.24, 2.45) is 0 Å². The van der Waals surface area contributed by atoms with Crippen LogP contribution >= 0.6 is 11.6 Å². The first kappa shape index (κ1) is 8.87. The normalized spacial score (nSPS) is 7.62. The Labute approximate surface area is 91.7 Å². The van der Waals surface area contributed by atoms with Crippen molar-refractivity contribution in [1.29, 1.82) is 0 Å². The van der Waals surface area contributed by atoms with E-state index in [9.17, 15) is 0 Å². The number of hydrogen-bond donors (Lipinski definition) is 0. The van der Waals surface area contributed by atoms with Gasteiger partial charge in [0, 0.05) is 0 Å². The average Bonchev–Trinajstić information content (AvgIpc) is 1.69. The quantitative estimate of drug-likeness (QED) is 0.427. The molecule has 0 bridgehead atoms. The summed E-state index contributed by atoms with van der Waals surface area (Å²) < 4.78 is 15.6. The third-order valence-electron chi connectivity index (χ3n) is 0.321. The Balaban J connectivity index is 0.000000490. The van der Waals surface area contributed by atoms with Crippen LogP contribution in [0.25, 0.3) is 0 Å². The fourth-order valence-electron chi connectivity index (χ4n) is 0.140. The minimum atomic E-state index is -0.00810. The van der Waals surface area contributed by atoms with Crippen LogP contribution in [0, 0.1) is 0 Å². The molecule has 0 N–H and O–H groups in total. The fraction of sp³-hybridized carbons (Fsp3) is 0. The molecule has 0 radical (unpaired) electrons. The molecule has 0 aromatic carbocycles. The van der Waals surface area contributed by atoms with E-state index in [1.54, 1.807) is 0 Å².